The normalized spacial score (nSPS) is 11.8. The van der Waals surface area contributed by atoms with Gasteiger partial charge in [0.15, 0.2) is 0 Å². The summed E-state index contributed by atoms with van der Waals surface area (Å²) in [5, 5.41) is 24.2. The first-order valence-electron chi connectivity index (χ1n) is 7.17. The fraction of sp³-hybridized carbons (Fsp3) is 0.250. The molecular formula is C16H17N3O5. The second kappa shape index (κ2) is 6.95. The molecule has 0 spiro atoms. The predicted molar refractivity (Wildman–Crippen MR) is 84.2 cm³/mol. The van der Waals surface area contributed by atoms with Gasteiger partial charge in [-0.1, -0.05) is 6.07 Å². The summed E-state index contributed by atoms with van der Waals surface area (Å²) in [6.07, 6.45) is -0.696. The number of amides is 1. The number of hydrogen-bond acceptors (Lipinski definition) is 4. The van der Waals surface area contributed by atoms with Crippen molar-refractivity contribution in [3.8, 4) is 5.69 Å². The van der Waals surface area contributed by atoms with Crippen LogP contribution in [0.25, 0.3) is 5.69 Å². The van der Waals surface area contributed by atoms with Crippen LogP contribution in [0.2, 0.25) is 0 Å². The van der Waals surface area contributed by atoms with Crippen molar-refractivity contribution in [1.82, 2.24) is 15.1 Å². The van der Waals surface area contributed by atoms with Crippen LogP contribution >= 0.6 is 0 Å². The Bertz CT molecular complexity index is 797. The lowest BCUT2D eigenvalue weighted by atomic mass is 10.1. The number of hydrogen-bond donors (Lipinski definition) is 3. The van der Waals surface area contributed by atoms with Crippen molar-refractivity contribution in [2.45, 2.75) is 26.3 Å². The van der Waals surface area contributed by atoms with Gasteiger partial charge < -0.3 is 15.5 Å². The molecule has 1 amide bonds. The maximum atomic E-state index is 12.2. The molecule has 2 aromatic rings. The molecule has 1 heterocycles. The van der Waals surface area contributed by atoms with E-state index in [9.17, 15) is 14.4 Å². The number of aryl methyl sites for hydroxylation is 2. The standard InChI is InChI=1S/C16H17N3O5/c1-9-6-10(2)19(18-9)12-5-3-4-11(7-12)15(22)17-13(16(23)24)8-14(20)21/h3-7,13H,8H2,1-2H3,(H,17,22)(H,20,21)(H,23,24)/t13-/m1/s1. The number of carbonyl (C=O) groups excluding carboxylic acids is 1. The largest absolute Gasteiger partial charge is 0.481 e. The minimum absolute atomic E-state index is 0.219. The third kappa shape index (κ3) is 3.97. The van der Waals surface area contributed by atoms with E-state index >= 15 is 0 Å². The molecule has 0 fully saturated rings. The Labute approximate surface area is 137 Å². The molecule has 0 aliphatic rings. The van der Waals surface area contributed by atoms with E-state index in [0.29, 0.717) is 5.69 Å². The quantitative estimate of drug-likeness (QED) is 0.730. The molecule has 0 radical (unpaired) electrons. The van der Waals surface area contributed by atoms with Gasteiger partial charge in [-0.05, 0) is 38.1 Å². The highest BCUT2D eigenvalue weighted by Gasteiger charge is 2.23. The van der Waals surface area contributed by atoms with Crippen LogP contribution < -0.4 is 5.32 Å². The van der Waals surface area contributed by atoms with Crippen LogP contribution in [0.15, 0.2) is 30.3 Å². The molecule has 8 heteroatoms. The average molecular weight is 331 g/mol. The zero-order valence-electron chi connectivity index (χ0n) is 13.2. The van der Waals surface area contributed by atoms with Crippen molar-refractivity contribution in [2.24, 2.45) is 0 Å². The zero-order valence-corrected chi connectivity index (χ0v) is 13.2. The number of carboxylic acids is 2. The summed E-state index contributed by atoms with van der Waals surface area (Å²) < 4.78 is 1.66. The molecule has 0 saturated heterocycles. The fourth-order valence-corrected chi connectivity index (χ4v) is 2.29. The van der Waals surface area contributed by atoms with Crippen LogP contribution in [-0.4, -0.2) is 43.9 Å². The maximum Gasteiger partial charge on any atom is 0.326 e. The van der Waals surface area contributed by atoms with E-state index in [4.69, 9.17) is 10.2 Å². The summed E-state index contributed by atoms with van der Waals surface area (Å²) in [6.45, 7) is 3.73. The lowest BCUT2D eigenvalue weighted by Gasteiger charge is -2.13. The summed E-state index contributed by atoms with van der Waals surface area (Å²) in [4.78, 5) is 33.9. The van der Waals surface area contributed by atoms with Crippen molar-refractivity contribution >= 4 is 17.8 Å². The summed E-state index contributed by atoms with van der Waals surface area (Å²) in [6, 6.07) is 6.89. The van der Waals surface area contributed by atoms with Crippen LogP contribution in [0.3, 0.4) is 0 Å². The van der Waals surface area contributed by atoms with Crippen molar-refractivity contribution in [1.29, 1.82) is 0 Å². The molecule has 24 heavy (non-hydrogen) atoms. The van der Waals surface area contributed by atoms with Gasteiger partial charge in [-0.15, -0.1) is 0 Å². The first kappa shape index (κ1) is 17.2. The predicted octanol–water partition coefficient (Wildman–Crippen LogP) is 1.15. The van der Waals surface area contributed by atoms with E-state index in [0.717, 1.165) is 11.4 Å². The Morgan fingerprint density at radius 3 is 2.46 bits per heavy atom. The fourth-order valence-electron chi connectivity index (χ4n) is 2.29. The third-order valence-electron chi connectivity index (χ3n) is 3.34. The van der Waals surface area contributed by atoms with Gasteiger partial charge in [-0.25, -0.2) is 9.48 Å². The van der Waals surface area contributed by atoms with Gasteiger partial charge in [0.1, 0.15) is 6.04 Å². The molecule has 2 rings (SSSR count). The number of carbonyl (C=O) groups is 3. The van der Waals surface area contributed by atoms with Crippen molar-refractivity contribution in [3.63, 3.8) is 0 Å². The second-order valence-corrected chi connectivity index (χ2v) is 5.35. The smallest absolute Gasteiger partial charge is 0.326 e. The van der Waals surface area contributed by atoms with Crippen molar-refractivity contribution in [2.75, 3.05) is 0 Å². The molecule has 8 nitrogen and oxygen atoms in total. The summed E-state index contributed by atoms with van der Waals surface area (Å²) >= 11 is 0. The van der Waals surface area contributed by atoms with E-state index in [1.54, 1.807) is 22.9 Å². The van der Waals surface area contributed by atoms with Gasteiger partial charge in [0.25, 0.3) is 5.91 Å². The monoisotopic (exact) mass is 331 g/mol. The Balaban J connectivity index is 2.24. The molecule has 1 aromatic carbocycles. The highest BCUT2D eigenvalue weighted by atomic mass is 16.4. The van der Waals surface area contributed by atoms with E-state index in [-0.39, 0.29) is 5.56 Å². The van der Waals surface area contributed by atoms with Gasteiger partial charge in [-0.2, -0.15) is 5.10 Å². The van der Waals surface area contributed by atoms with Crippen LogP contribution in [0.1, 0.15) is 28.2 Å². The first-order chi connectivity index (χ1) is 11.3. The Morgan fingerprint density at radius 1 is 1.21 bits per heavy atom. The number of nitrogens with one attached hydrogen (secondary N) is 1. The van der Waals surface area contributed by atoms with Crippen LogP contribution in [0.5, 0.6) is 0 Å². The van der Waals surface area contributed by atoms with Gasteiger partial charge in [-0.3, -0.25) is 9.59 Å². The third-order valence-corrected chi connectivity index (χ3v) is 3.34. The van der Waals surface area contributed by atoms with E-state index in [2.05, 4.69) is 10.4 Å². The molecule has 126 valence electrons. The molecule has 0 saturated carbocycles. The number of aliphatic carboxylic acids is 2. The SMILES string of the molecule is Cc1cc(C)n(-c2cccc(C(=O)N[C@H](CC(=O)O)C(=O)O)c2)n1. The minimum atomic E-state index is -1.49. The highest BCUT2D eigenvalue weighted by molar-refractivity contribution is 5.97. The molecule has 0 aliphatic carbocycles. The highest BCUT2D eigenvalue weighted by Crippen LogP contribution is 2.14. The molecule has 1 aromatic heterocycles. The molecule has 0 aliphatic heterocycles. The Morgan fingerprint density at radius 2 is 1.92 bits per heavy atom. The molecule has 0 bridgehead atoms. The van der Waals surface area contributed by atoms with Gasteiger partial charge in [0.05, 0.1) is 17.8 Å². The molecule has 1 atom stereocenters. The average Bonchev–Trinajstić information content (AvgIpc) is 2.84. The first-order valence-corrected chi connectivity index (χ1v) is 7.17. The van der Waals surface area contributed by atoms with E-state index in [1.165, 1.54) is 6.07 Å². The summed E-state index contributed by atoms with van der Waals surface area (Å²) in [5.74, 6) is -3.37. The van der Waals surface area contributed by atoms with E-state index < -0.39 is 30.3 Å². The zero-order chi connectivity index (χ0) is 17.9. The van der Waals surface area contributed by atoms with Crippen LogP contribution in [-0.2, 0) is 9.59 Å². The summed E-state index contributed by atoms with van der Waals surface area (Å²) in [7, 11) is 0. The topological polar surface area (TPSA) is 122 Å². The number of benzene rings is 1. The van der Waals surface area contributed by atoms with Gasteiger partial charge >= 0.3 is 11.9 Å². The van der Waals surface area contributed by atoms with Crippen LogP contribution in [0, 0.1) is 13.8 Å². The van der Waals surface area contributed by atoms with Crippen LogP contribution in [0.4, 0.5) is 0 Å². The lowest BCUT2D eigenvalue weighted by Crippen LogP contribution is -2.42. The second-order valence-electron chi connectivity index (χ2n) is 5.35. The van der Waals surface area contributed by atoms with Crippen molar-refractivity contribution in [3.05, 3.63) is 47.3 Å². The molecule has 0 unspecified atom stereocenters. The summed E-state index contributed by atoms with van der Waals surface area (Å²) in [5.41, 5.74) is 2.59. The Hall–Kier alpha value is -3.16. The number of nitrogens with zero attached hydrogens (tertiary/aromatic N) is 2. The van der Waals surface area contributed by atoms with Gasteiger partial charge in [0.2, 0.25) is 0 Å². The number of rotatable bonds is 6. The maximum absolute atomic E-state index is 12.2. The minimum Gasteiger partial charge on any atom is -0.481 e. The number of aromatic nitrogens is 2. The molecule has 3 N–H and O–H groups in total. The molecular weight excluding hydrogens is 314 g/mol. The Kier molecular flexibility index (Phi) is 4.98. The van der Waals surface area contributed by atoms with E-state index in [1.807, 2.05) is 19.9 Å². The number of carboxylic acid groups (broad SMARTS) is 2. The lowest BCUT2D eigenvalue weighted by molar-refractivity contribution is -0.145. The van der Waals surface area contributed by atoms with Crippen molar-refractivity contribution < 1.29 is 24.6 Å². The van der Waals surface area contributed by atoms with Gasteiger partial charge in [0, 0.05) is 11.3 Å².